The Balaban J connectivity index is 2.16. The molecule has 1 unspecified atom stereocenters. The zero-order valence-electron chi connectivity index (χ0n) is 10.0. The van der Waals surface area contributed by atoms with E-state index in [1.165, 1.54) is 0 Å². The summed E-state index contributed by atoms with van der Waals surface area (Å²) >= 11 is 4.96. The lowest BCUT2D eigenvalue weighted by molar-refractivity contribution is 0.0843. The first-order chi connectivity index (χ1) is 8.08. The molecular weight excluding hydrogens is 236 g/mol. The van der Waals surface area contributed by atoms with Gasteiger partial charge in [0.1, 0.15) is 16.9 Å². The number of aryl methyl sites for hydroxylation is 2. The minimum Gasteiger partial charge on any atom is -0.391 e. The Labute approximate surface area is 106 Å². The fraction of sp³-hybridized carbons (Fsp3) is 0.545. The van der Waals surface area contributed by atoms with Crippen LogP contribution in [-0.4, -0.2) is 40.8 Å². The quantitative estimate of drug-likeness (QED) is 0.777. The molecule has 92 valence electrons. The highest BCUT2D eigenvalue weighted by molar-refractivity contribution is 7.80. The van der Waals surface area contributed by atoms with Crippen molar-refractivity contribution in [3.63, 3.8) is 0 Å². The molecule has 1 saturated heterocycles. The molecule has 1 atom stereocenters. The molecule has 0 aromatic carbocycles. The average Bonchev–Trinajstić information content (AvgIpc) is 2.33. The van der Waals surface area contributed by atoms with Crippen LogP contribution in [0.5, 0.6) is 0 Å². The number of hydrogen-bond donors (Lipinski definition) is 1. The van der Waals surface area contributed by atoms with Gasteiger partial charge < -0.3 is 15.4 Å². The summed E-state index contributed by atoms with van der Waals surface area (Å²) in [5, 5.41) is 0. The van der Waals surface area contributed by atoms with E-state index in [1.807, 2.05) is 13.8 Å². The molecule has 1 aliphatic rings. The topological polar surface area (TPSA) is 64.3 Å². The van der Waals surface area contributed by atoms with Crippen LogP contribution in [0.15, 0.2) is 6.20 Å². The van der Waals surface area contributed by atoms with Crippen LogP contribution < -0.4 is 10.6 Å². The van der Waals surface area contributed by atoms with E-state index in [2.05, 4.69) is 14.9 Å². The summed E-state index contributed by atoms with van der Waals surface area (Å²) in [6, 6.07) is 0. The van der Waals surface area contributed by atoms with Crippen molar-refractivity contribution < 1.29 is 4.74 Å². The first kappa shape index (κ1) is 12.2. The fourth-order valence-electron chi connectivity index (χ4n) is 1.71. The molecule has 2 N–H and O–H groups in total. The second-order valence-corrected chi connectivity index (χ2v) is 4.58. The minimum absolute atomic E-state index is 0.192. The number of thiocarbonyl (C=S) groups is 1. The predicted octanol–water partition coefficient (Wildman–Crippen LogP) is 0.585. The minimum atomic E-state index is -0.192. The molecule has 0 spiro atoms. The third kappa shape index (κ3) is 2.70. The number of nitrogens with two attached hydrogens (primary N) is 1. The number of nitrogens with zero attached hydrogens (tertiary/aromatic N) is 3. The van der Waals surface area contributed by atoms with Gasteiger partial charge in [-0.25, -0.2) is 4.98 Å². The Hall–Kier alpha value is -1.27. The van der Waals surface area contributed by atoms with E-state index in [0.717, 1.165) is 23.8 Å². The number of anilines is 1. The average molecular weight is 252 g/mol. The van der Waals surface area contributed by atoms with Gasteiger partial charge in [0, 0.05) is 6.54 Å². The standard InChI is InChI=1S/C11H16N4OS/c1-7-8(2)14-10(5-13-7)15-3-4-16-9(6-15)11(12)17/h5,9H,3-4,6H2,1-2H3,(H2,12,17). The van der Waals surface area contributed by atoms with Crippen LogP contribution >= 0.6 is 12.2 Å². The van der Waals surface area contributed by atoms with Gasteiger partial charge in [0.2, 0.25) is 0 Å². The van der Waals surface area contributed by atoms with Gasteiger partial charge in [-0.15, -0.1) is 0 Å². The fourth-order valence-corrected chi connectivity index (χ4v) is 1.85. The molecule has 0 aliphatic carbocycles. The summed E-state index contributed by atoms with van der Waals surface area (Å²) in [7, 11) is 0. The van der Waals surface area contributed by atoms with Crippen LogP contribution in [0.1, 0.15) is 11.4 Å². The molecule has 6 heteroatoms. The normalized spacial score (nSPS) is 20.4. The molecule has 1 aliphatic heterocycles. The van der Waals surface area contributed by atoms with Gasteiger partial charge >= 0.3 is 0 Å². The largest absolute Gasteiger partial charge is 0.391 e. The van der Waals surface area contributed by atoms with Gasteiger partial charge in [-0.05, 0) is 13.8 Å². The van der Waals surface area contributed by atoms with Crippen LogP contribution in [0.2, 0.25) is 0 Å². The lowest BCUT2D eigenvalue weighted by Crippen LogP contribution is -2.48. The Morgan fingerprint density at radius 1 is 1.53 bits per heavy atom. The molecule has 5 nitrogen and oxygen atoms in total. The van der Waals surface area contributed by atoms with Gasteiger partial charge in [0.15, 0.2) is 0 Å². The molecule has 0 bridgehead atoms. The SMILES string of the molecule is Cc1ncc(N2CCOC(C(N)=S)C2)nc1C. The van der Waals surface area contributed by atoms with Crippen molar-refractivity contribution >= 4 is 23.0 Å². The van der Waals surface area contributed by atoms with E-state index in [9.17, 15) is 0 Å². The molecule has 2 heterocycles. The van der Waals surface area contributed by atoms with Crippen molar-refractivity contribution in [2.45, 2.75) is 20.0 Å². The second kappa shape index (κ2) is 4.93. The second-order valence-electron chi connectivity index (χ2n) is 4.11. The summed E-state index contributed by atoms with van der Waals surface area (Å²) in [6.45, 7) is 5.94. The van der Waals surface area contributed by atoms with Gasteiger partial charge in [-0.2, -0.15) is 0 Å². The smallest absolute Gasteiger partial charge is 0.147 e. The number of ether oxygens (including phenoxy) is 1. The molecule has 0 radical (unpaired) electrons. The van der Waals surface area contributed by atoms with E-state index in [1.54, 1.807) is 6.20 Å². The first-order valence-electron chi connectivity index (χ1n) is 5.54. The van der Waals surface area contributed by atoms with Crippen LogP contribution in [0.25, 0.3) is 0 Å². The zero-order valence-corrected chi connectivity index (χ0v) is 10.8. The monoisotopic (exact) mass is 252 g/mol. The van der Waals surface area contributed by atoms with E-state index >= 15 is 0 Å². The first-order valence-corrected chi connectivity index (χ1v) is 5.95. The number of morpholine rings is 1. The van der Waals surface area contributed by atoms with Gasteiger partial charge in [0.25, 0.3) is 0 Å². The molecule has 17 heavy (non-hydrogen) atoms. The van der Waals surface area contributed by atoms with Crippen molar-refractivity contribution in [3.05, 3.63) is 17.6 Å². The van der Waals surface area contributed by atoms with Crippen molar-refractivity contribution in [1.82, 2.24) is 9.97 Å². The number of hydrogen-bond acceptors (Lipinski definition) is 5. The van der Waals surface area contributed by atoms with Gasteiger partial charge in [0.05, 0.1) is 30.7 Å². The highest BCUT2D eigenvalue weighted by atomic mass is 32.1. The van der Waals surface area contributed by atoms with Crippen molar-refractivity contribution in [2.24, 2.45) is 5.73 Å². The van der Waals surface area contributed by atoms with E-state index < -0.39 is 0 Å². The lowest BCUT2D eigenvalue weighted by atomic mass is 10.2. The lowest BCUT2D eigenvalue weighted by Gasteiger charge is -2.33. The Morgan fingerprint density at radius 2 is 2.29 bits per heavy atom. The van der Waals surface area contributed by atoms with Gasteiger partial charge in [-0.1, -0.05) is 12.2 Å². The van der Waals surface area contributed by atoms with E-state index in [0.29, 0.717) is 18.1 Å². The maximum absolute atomic E-state index is 5.61. The van der Waals surface area contributed by atoms with Crippen molar-refractivity contribution in [1.29, 1.82) is 0 Å². The molecule has 0 saturated carbocycles. The summed E-state index contributed by atoms with van der Waals surface area (Å²) < 4.78 is 5.49. The van der Waals surface area contributed by atoms with Crippen LogP contribution in [-0.2, 0) is 4.74 Å². The molecule has 0 amide bonds. The highest BCUT2D eigenvalue weighted by Crippen LogP contribution is 2.15. The Kier molecular flexibility index (Phi) is 3.54. The highest BCUT2D eigenvalue weighted by Gasteiger charge is 2.23. The maximum Gasteiger partial charge on any atom is 0.147 e. The predicted molar refractivity (Wildman–Crippen MR) is 70.2 cm³/mol. The van der Waals surface area contributed by atoms with E-state index in [4.69, 9.17) is 22.7 Å². The summed E-state index contributed by atoms with van der Waals surface area (Å²) in [5.41, 5.74) is 7.50. The Morgan fingerprint density at radius 3 is 2.94 bits per heavy atom. The molecule has 1 aromatic rings. The number of rotatable bonds is 2. The zero-order chi connectivity index (χ0) is 12.4. The van der Waals surface area contributed by atoms with Crippen LogP contribution in [0, 0.1) is 13.8 Å². The third-order valence-electron chi connectivity index (χ3n) is 2.89. The van der Waals surface area contributed by atoms with Crippen molar-refractivity contribution in [3.8, 4) is 0 Å². The molecule has 1 aromatic heterocycles. The summed E-state index contributed by atoms with van der Waals surface area (Å²) in [4.78, 5) is 11.3. The van der Waals surface area contributed by atoms with Crippen LogP contribution in [0.3, 0.4) is 0 Å². The molecular formula is C11H16N4OS. The maximum atomic E-state index is 5.61. The number of aromatic nitrogens is 2. The Bertz CT molecular complexity index is 437. The van der Waals surface area contributed by atoms with E-state index in [-0.39, 0.29) is 6.10 Å². The molecule has 2 rings (SSSR count). The van der Waals surface area contributed by atoms with Gasteiger partial charge in [-0.3, -0.25) is 4.98 Å². The van der Waals surface area contributed by atoms with Crippen molar-refractivity contribution in [2.75, 3.05) is 24.6 Å². The summed E-state index contributed by atoms with van der Waals surface area (Å²) in [6.07, 6.45) is 1.59. The molecule has 1 fully saturated rings. The third-order valence-corrected chi connectivity index (χ3v) is 3.15. The van der Waals surface area contributed by atoms with Crippen LogP contribution in [0.4, 0.5) is 5.82 Å². The summed E-state index contributed by atoms with van der Waals surface area (Å²) in [5.74, 6) is 0.859.